The summed E-state index contributed by atoms with van der Waals surface area (Å²) >= 11 is 0. The second-order valence-electron chi connectivity index (χ2n) is 13.7. The molecule has 1 N–H and O–H groups in total. The van der Waals surface area contributed by atoms with Gasteiger partial charge in [-0.05, 0) is 56.5 Å². The molecule has 0 aliphatic carbocycles. The summed E-state index contributed by atoms with van der Waals surface area (Å²) in [6.07, 6.45) is 21.6. The average Bonchev–Trinajstić information content (AvgIpc) is 3.74. The third-order valence-electron chi connectivity index (χ3n) is 9.62. The second-order valence-corrected chi connectivity index (χ2v) is 13.7. The van der Waals surface area contributed by atoms with Crippen LogP contribution in [0.3, 0.4) is 0 Å². The van der Waals surface area contributed by atoms with Gasteiger partial charge in [-0.2, -0.15) is 5.10 Å². The van der Waals surface area contributed by atoms with Gasteiger partial charge in [-0.1, -0.05) is 134 Å². The molecule has 2 amide bonds. The predicted molar refractivity (Wildman–Crippen MR) is 205 cm³/mol. The number of nitrogens with one attached hydrogen (secondary N) is 1. The molecule has 1 aliphatic heterocycles. The van der Waals surface area contributed by atoms with E-state index in [0.29, 0.717) is 36.7 Å². The zero-order valence-electron chi connectivity index (χ0n) is 31.3. The van der Waals surface area contributed by atoms with Gasteiger partial charge in [0.05, 0.1) is 24.6 Å². The highest BCUT2D eigenvalue weighted by molar-refractivity contribution is 6.14. The maximum atomic E-state index is 14.2. The normalized spacial score (nSPS) is 12.8. The number of esters is 1. The first-order valence-corrected chi connectivity index (χ1v) is 19.6. The Morgan fingerprint density at radius 3 is 2.02 bits per heavy atom. The van der Waals surface area contributed by atoms with Gasteiger partial charge in [0.15, 0.2) is 0 Å². The van der Waals surface area contributed by atoms with E-state index < -0.39 is 23.8 Å². The highest BCUT2D eigenvalue weighted by Gasteiger charge is 2.39. The number of amides is 2. The summed E-state index contributed by atoms with van der Waals surface area (Å²) in [4.78, 5) is 42.9. The Bertz CT molecular complexity index is 1520. The number of hydrogen-bond acceptors (Lipinski definition) is 6. The fourth-order valence-corrected chi connectivity index (χ4v) is 6.84. The van der Waals surface area contributed by atoms with Crippen LogP contribution in [0.2, 0.25) is 0 Å². The Morgan fingerprint density at radius 1 is 0.784 bits per heavy atom. The minimum Gasteiger partial charge on any atom is -0.491 e. The zero-order chi connectivity index (χ0) is 36.3. The van der Waals surface area contributed by atoms with Gasteiger partial charge in [0, 0.05) is 12.2 Å². The fraction of sp³-hybridized carbons (Fsp3) is 0.571. The molecule has 0 bridgehead atoms. The van der Waals surface area contributed by atoms with E-state index in [1.807, 2.05) is 42.5 Å². The van der Waals surface area contributed by atoms with Crippen molar-refractivity contribution in [1.29, 1.82) is 0 Å². The molecule has 1 aliphatic rings. The number of rotatable bonds is 24. The van der Waals surface area contributed by atoms with Crippen LogP contribution in [0, 0.1) is 6.92 Å². The molecule has 3 aromatic rings. The Morgan fingerprint density at radius 2 is 1.37 bits per heavy atom. The maximum Gasteiger partial charge on any atom is 0.356 e. The number of fused-ring (bicyclic) bond motifs is 1. The summed E-state index contributed by atoms with van der Waals surface area (Å²) in [5, 5.41) is 7.38. The third-order valence-corrected chi connectivity index (χ3v) is 9.62. The van der Waals surface area contributed by atoms with Crippen LogP contribution in [0.5, 0.6) is 5.75 Å². The summed E-state index contributed by atoms with van der Waals surface area (Å²) < 4.78 is 12.6. The molecule has 1 aromatic heterocycles. The molecule has 0 spiro atoms. The Labute approximate surface area is 305 Å². The quantitative estimate of drug-likeness (QED) is 0.0567. The van der Waals surface area contributed by atoms with E-state index in [1.54, 1.807) is 30.9 Å². The summed E-state index contributed by atoms with van der Waals surface area (Å²) in [6, 6.07) is 15.0. The Balaban J connectivity index is 1.27. The van der Waals surface area contributed by atoms with E-state index >= 15 is 0 Å². The number of para-hydroxylation sites is 3. The Hall–Kier alpha value is -4.14. The van der Waals surface area contributed by atoms with Gasteiger partial charge in [0.25, 0.3) is 11.8 Å². The highest BCUT2D eigenvalue weighted by atomic mass is 16.5. The monoisotopic (exact) mass is 700 g/mol. The molecule has 1 unspecified atom stereocenters. The van der Waals surface area contributed by atoms with Crippen LogP contribution in [0.25, 0.3) is 0 Å². The standard InChI is InChI=1S/C42H60N4O5/c1-4-6-7-8-9-10-11-12-13-14-15-16-17-18-19-24-31-51-38-28-23-21-26-35(38)43-40(47)39(46-37(32-33(3)44-46)42(49)50-5-2)41(48)45-30-29-34-25-20-22-27-36(34)45/h20-23,25-28,32,39H,4-19,24,29-31H2,1-3H3,(H,43,47). The number of aryl methyl sites for hydroxylation is 1. The molecule has 0 saturated heterocycles. The fourth-order valence-electron chi connectivity index (χ4n) is 6.84. The van der Waals surface area contributed by atoms with Crippen molar-refractivity contribution in [2.45, 2.75) is 136 Å². The molecule has 9 heteroatoms. The Kier molecular flexibility index (Phi) is 17.1. The number of carbonyl (C=O) groups excluding carboxylic acids is 3. The molecule has 9 nitrogen and oxygen atoms in total. The number of ether oxygens (including phenoxy) is 2. The number of anilines is 2. The van der Waals surface area contributed by atoms with Crippen LogP contribution >= 0.6 is 0 Å². The van der Waals surface area contributed by atoms with E-state index in [2.05, 4.69) is 17.3 Å². The van der Waals surface area contributed by atoms with Crippen LogP contribution < -0.4 is 15.0 Å². The van der Waals surface area contributed by atoms with Crippen LogP contribution in [0.1, 0.15) is 144 Å². The van der Waals surface area contributed by atoms with Crippen molar-refractivity contribution in [1.82, 2.24) is 9.78 Å². The van der Waals surface area contributed by atoms with Gasteiger partial charge < -0.3 is 19.7 Å². The molecular weight excluding hydrogens is 640 g/mol. The first-order chi connectivity index (χ1) is 24.9. The van der Waals surface area contributed by atoms with Crippen molar-refractivity contribution in [3.8, 4) is 5.75 Å². The van der Waals surface area contributed by atoms with Crippen LogP contribution in [-0.4, -0.2) is 47.3 Å². The smallest absolute Gasteiger partial charge is 0.356 e. The van der Waals surface area contributed by atoms with Crippen molar-refractivity contribution < 1.29 is 23.9 Å². The number of carbonyl (C=O) groups is 3. The topological polar surface area (TPSA) is 103 Å². The molecule has 0 radical (unpaired) electrons. The lowest BCUT2D eigenvalue weighted by atomic mass is 10.0. The van der Waals surface area contributed by atoms with Gasteiger partial charge in [-0.3, -0.25) is 9.59 Å². The zero-order valence-corrected chi connectivity index (χ0v) is 31.3. The van der Waals surface area contributed by atoms with Crippen molar-refractivity contribution in [3.63, 3.8) is 0 Å². The molecule has 51 heavy (non-hydrogen) atoms. The van der Waals surface area contributed by atoms with Gasteiger partial charge in [-0.15, -0.1) is 0 Å². The molecule has 1 atom stereocenters. The lowest BCUT2D eigenvalue weighted by Gasteiger charge is -2.25. The van der Waals surface area contributed by atoms with E-state index in [9.17, 15) is 14.4 Å². The van der Waals surface area contributed by atoms with E-state index in [0.717, 1.165) is 24.1 Å². The highest BCUT2D eigenvalue weighted by Crippen LogP contribution is 2.32. The second kappa shape index (κ2) is 21.9. The SMILES string of the molecule is CCCCCCCCCCCCCCCCCCOc1ccccc1NC(=O)C(C(=O)N1CCc2ccccc21)n1nc(C)cc1C(=O)OCC. The van der Waals surface area contributed by atoms with E-state index in [1.165, 1.54) is 94.6 Å². The summed E-state index contributed by atoms with van der Waals surface area (Å²) in [5.74, 6) is -1.20. The van der Waals surface area contributed by atoms with Crippen LogP contribution in [0.4, 0.5) is 11.4 Å². The summed E-state index contributed by atoms with van der Waals surface area (Å²) in [6.45, 7) is 6.80. The molecule has 0 fully saturated rings. The van der Waals surface area contributed by atoms with Crippen LogP contribution in [-0.2, 0) is 20.7 Å². The van der Waals surface area contributed by atoms with Gasteiger partial charge in [-0.25, -0.2) is 9.48 Å². The van der Waals surface area contributed by atoms with Crippen molar-refractivity contribution in [2.24, 2.45) is 0 Å². The van der Waals surface area contributed by atoms with E-state index in [-0.39, 0.29) is 12.3 Å². The van der Waals surface area contributed by atoms with Gasteiger partial charge >= 0.3 is 5.97 Å². The number of benzene rings is 2. The van der Waals surface area contributed by atoms with Gasteiger partial charge in [0.2, 0.25) is 6.04 Å². The predicted octanol–water partition coefficient (Wildman–Crippen LogP) is 9.78. The van der Waals surface area contributed by atoms with Crippen molar-refractivity contribution in [3.05, 3.63) is 71.5 Å². The maximum absolute atomic E-state index is 14.2. The van der Waals surface area contributed by atoms with E-state index in [4.69, 9.17) is 9.47 Å². The van der Waals surface area contributed by atoms with Gasteiger partial charge in [0.1, 0.15) is 11.4 Å². The molecular formula is C42H60N4O5. The first-order valence-electron chi connectivity index (χ1n) is 19.6. The average molecular weight is 701 g/mol. The molecule has 2 aromatic carbocycles. The number of nitrogens with zero attached hydrogens (tertiary/aromatic N) is 3. The summed E-state index contributed by atoms with van der Waals surface area (Å²) in [7, 11) is 0. The largest absolute Gasteiger partial charge is 0.491 e. The minimum absolute atomic E-state index is 0.0448. The summed E-state index contributed by atoms with van der Waals surface area (Å²) in [5.41, 5.74) is 2.78. The molecule has 2 heterocycles. The van der Waals surface area contributed by atoms with Crippen LogP contribution in [0.15, 0.2) is 54.6 Å². The van der Waals surface area contributed by atoms with Crippen molar-refractivity contribution in [2.75, 3.05) is 30.0 Å². The third kappa shape index (κ3) is 12.3. The first kappa shape index (κ1) is 39.6. The lowest BCUT2D eigenvalue weighted by molar-refractivity contribution is -0.130. The van der Waals surface area contributed by atoms with Crippen molar-refractivity contribution >= 4 is 29.2 Å². The number of hydrogen-bond donors (Lipinski definition) is 1. The molecule has 4 rings (SSSR count). The number of unbranched alkanes of at least 4 members (excludes halogenated alkanes) is 15. The minimum atomic E-state index is -1.45. The lowest BCUT2D eigenvalue weighted by Crippen LogP contribution is -2.43. The molecule has 0 saturated carbocycles. The number of aromatic nitrogens is 2. The molecule has 278 valence electrons.